The number of carbonyl (C=O) groups is 2. The van der Waals surface area contributed by atoms with Crippen LogP contribution in [0.1, 0.15) is 47.2 Å². The van der Waals surface area contributed by atoms with Crippen LogP contribution in [0, 0.1) is 12.8 Å². The van der Waals surface area contributed by atoms with Crippen molar-refractivity contribution in [2.24, 2.45) is 5.92 Å². The molecule has 2 fully saturated rings. The molecule has 1 saturated heterocycles. The van der Waals surface area contributed by atoms with Gasteiger partial charge >= 0.3 is 0 Å². The molecule has 2 aromatic carbocycles. The number of hydrogen-bond acceptors (Lipinski definition) is 3. The molecule has 170 valence electrons. The Morgan fingerprint density at radius 2 is 1.75 bits per heavy atom. The zero-order chi connectivity index (χ0) is 22.5. The first kappa shape index (κ1) is 22.8. The highest BCUT2D eigenvalue weighted by molar-refractivity contribution is 6.33. The lowest BCUT2D eigenvalue weighted by Crippen LogP contribution is -2.57. The van der Waals surface area contributed by atoms with E-state index in [9.17, 15) is 9.59 Å². The topological polar surface area (TPSA) is 52.7 Å². The highest BCUT2D eigenvalue weighted by atomic mass is 35.5. The van der Waals surface area contributed by atoms with Crippen molar-refractivity contribution in [2.45, 2.75) is 45.2 Å². The van der Waals surface area contributed by atoms with Gasteiger partial charge in [-0.15, -0.1) is 0 Å². The summed E-state index contributed by atoms with van der Waals surface area (Å²) in [6, 6.07) is 15.3. The summed E-state index contributed by atoms with van der Waals surface area (Å²) in [5.41, 5.74) is 2.87. The molecule has 1 aliphatic carbocycles. The third-order valence-corrected chi connectivity index (χ3v) is 7.09. The fourth-order valence-electron chi connectivity index (χ4n) is 5.08. The molecule has 2 amide bonds. The first-order valence-electron chi connectivity index (χ1n) is 11.6. The zero-order valence-corrected chi connectivity index (χ0v) is 19.5. The van der Waals surface area contributed by atoms with Gasteiger partial charge in [0.25, 0.3) is 5.91 Å². The van der Waals surface area contributed by atoms with Gasteiger partial charge in [0.1, 0.15) is 0 Å². The summed E-state index contributed by atoms with van der Waals surface area (Å²) in [6.45, 7) is 5.24. The van der Waals surface area contributed by atoms with E-state index in [1.807, 2.05) is 23.1 Å². The van der Waals surface area contributed by atoms with Crippen molar-refractivity contribution in [3.05, 3.63) is 70.2 Å². The number of rotatable bonds is 6. The van der Waals surface area contributed by atoms with Gasteiger partial charge in [-0.1, -0.05) is 66.4 Å². The quantitative estimate of drug-likeness (QED) is 0.710. The van der Waals surface area contributed by atoms with Crippen LogP contribution in [0.4, 0.5) is 0 Å². The molecule has 5 nitrogen and oxygen atoms in total. The Morgan fingerprint density at radius 1 is 1.03 bits per heavy atom. The molecule has 32 heavy (non-hydrogen) atoms. The molecular formula is C26H32ClN3O2. The Balaban J connectivity index is 1.40. The standard InChI is InChI=1S/C26H32ClN3O2/c1-19-7-6-8-20(17-19)18-28-25(31)24(21-9-2-3-10-21)29-13-15-30(16-14-29)26(32)22-11-4-5-12-23(22)27/h4-8,11-12,17,21,24H,2-3,9-10,13-16,18H2,1H3,(H,28,31)/t24-/m0/s1. The van der Waals surface area contributed by atoms with Gasteiger partial charge in [-0.05, 0) is 43.4 Å². The number of halogens is 1. The Labute approximate surface area is 195 Å². The van der Waals surface area contributed by atoms with E-state index < -0.39 is 0 Å². The number of nitrogens with one attached hydrogen (secondary N) is 1. The summed E-state index contributed by atoms with van der Waals surface area (Å²) in [4.78, 5) is 30.4. The molecule has 0 aromatic heterocycles. The van der Waals surface area contributed by atoms with E-state index in [2.05, 4.69) is 35.3 Å². The van der Waals surface area contributed by atoms with Crippen molar-refractivity contribution >= 4 is 23.4 Å². The van der Waals surface area contributed by atoms with Crippen molar-refractivity contribution in [1.82, 2.24) is 15.1 Å². The van der Waals surface area contributed by atoms with Gasteiger partial charge in [0.15, 0.2) is 0 Å². The molecule has 2 aromatic rings. The van der Waals surface area contributed by atoms with Gasteiger partial charge in [0, 0.05) is 32.7 Å². The van der Waals surface area contributed by atoms with E-state index in [1.54, 1.807) is 12.1 Å². The van der Waals surface area contributed by atoms with Crippen LogP contribution < -0.4 is 5.32 Å². The van der Waals surface area contributed by atoms with Crippen LogP contribution in [0.15, 0.2) is 48.5 Å². The molecule has 2 aliphatic rings. The summed E-state index contributed by atoms with van der Waals surface area (Å²) in [5, 5.41) is 3.67. The lowest BCUT2D eigenvalue weighted by Gasteiger charge is -2.40. The third-order valence-electron chi connectivity index (χ3n) is 6.76. The number of carbonyl (C=O) groups excluding carboxylic acids is 2. The maximum absolute atomic E-state index is 13.3. The van der Waals surface area contributed by atoms with Crippen molar-refractivity contribution < 1.29 is 9.59 Å². The van der Waals surface area contributed by atoms with Gasteiger partial charge < -0.3 is 10.2 Å². The maximum atomic E-state index is 13.3. The maximum Gasteiger partial charge on any atom is 0.255 e. The van der Waals surface area contributed by atoms with E-state index >= 15 is 0 Å². The van der Waals surface area contributed by atoms with Crippen molar-refractivity contribution in [3.63, 3.8) is 0 Å². The molecule has 1 atom stereocenters. The largest absolute Gasteiger partial charge is 0.351 e. The van der Waals surface area contributed by atoms with Gasteiger partial charge in [-0.25, -0.2) is 0 Å². The minimum absolute atomic E-state index is 0.0310. The van der Waals surface area contributed by atoms with Crippen LogP contribution in [0.5, 0.6) is 0 Å². The second kappa shape index (κ2) is 10.5. The van der Waals surface area contributed by atoms with Gasteiger partial charge in [-0.2, -0.15) is 0 Å². The monoisotopic (exact) mass is 453 g/mol. The summed E-state index contributed by atoms with van der Waals surface area (Å²) in [6.07, 6.45) is 4.58. The Kier molecular flexibility index (Phi) is 7.48. The minimum Gasteiger partial charge on any atom is -0.351 e. The smallest absolute Gasteiger partial charge is 0.255 e. The fraction of sp³-hybridized carbons (Fsp3) is 0.462. The van der Waals surface area contributed by atoms with Crippen LogP contribution in [0.2, 0.25) is 5.02 Å². The van der Waals surface area contributed by atoms with E-state index in [4.69, 9.17) is 11.6 Å². The van der Waals surface area contributed by atoms with E-state index in [0.29, 0.717) is 49.2 Å². The number of benzene rings is 2. The lowest BCUT2D eigenvalue weighted by atomic mass is 9.94. The van der Waals surface area contributed by atoms with E-state index in [1.165, 1.54) is 18.4 Å². The van der Waals surface area contributed by atoms with Gasteiger partial charge in [-0.3, -0.25) is 14.5 Å². The Bertz CT molecular complexity index is 950. The van der Waals surface area contributed by atoms with Crippen LogP contribution >= 0.6 is 11.6 Å². The number of nitrogens with zero attached hydrogens (tertiary/aromatic N) is 2. The second-order valence-corrected chi connectivity index (χ2v) is 9.41. The van der Waals surface area contributed by atoms with Crippen molar-refractivity contribution in [2.75, 3.05) is 26.2 Å². The first-order valence-corrected chi connectivity index (χ1v) is 12.0. The predicted octanol–water partition coefficient (Wildman–Crippen LogP) is 4.28. The summed E-state index contributed by atoms with van der Waals surface area (Å²) < 4.78 is 0. The molecule has 6 heteroatoms. The number of hydrogen-bond donors (Lipinski definition) is 1. The molecule has 1 aliphatic heterocycles. The predicted molar refractivity (Wildman–Crippen MR) is 128 cm³/mol. The minimum atomic E-state index is -0.125. The van der Waals surface area contributed by atoms with Crippen LogP contribution in [0.25, 0.3) is 0 Å². The van der Waals surface area contributed by atoms with Gasteiger partial charge in [0.05, 0.1) is 16.6 Å². The van der Waals surface area contributed by atoms with Gasteiger partial charge in [0.2, 0.25) is 5.91 Å². The average molecular weight is 454 g/mol. The Morgan fingerprint density at radius 3 is 2.44 bits per heavy atom. The first-order chi connectivity index (χ1) is 15.5. The molecule has 0 spiro atoms. The second-order valence-electron chi connectivity index (χ2n) is 9.00. The molecule has 1 saturated carbocycles. The van der Waals surface area contributed by atoms with Crippen LogP contribution in [-0.4, -0.2) is 53.8 Å². The lowest BCUT2D eigenvalue weighted by molar-refractivity contribution is -0.129. The van der Waals surface area contributed by atoms with Crippen LogP contribution in [0.3, 0.4) is 0 Å². The molecule has 1 N–H and O–H groups in total. The number of piperazine rings is 1. The number of aryl methyl sites for hydroxylation is 1. The SMILES string of the molecule is Cc1cccc(CNC(=O)[C@H](C2CCCC2)N2CCN(C(=O)c3ccccc3Cl)CC2)c1. The molecular weight excluding hydrogens is 422 g/mol. The van der Waals surface area contributed by atoms with Crippen molar-refractivity contribution in [1.29, 1.82) is 0 Å². The summed E-state index contributed by atoms with van der Waals surface area (Å²) >= 11 is 6.23. The molecule has 4 rings (SSSR count). The molecule has 1 heterocycles. The zero-order valence-electron chi connectivity index (χ0n) is 18.7. The molecule has 0 radical (unpaired) electrons. The van der Waals surface area contributed by atoms with Crippen molar-refractivity contribution in [3.8, 4) is 0 Å². The third kappa shape index (κ3) is 5.33. The molecule has 0 bridgehead atoms. The number of amides is 2. The highest BCUT2D eigenvalue weighted by Crippen LogP contribution is 2.31. The molecule has 0 unspecified atom stereocenters. The normalized spacial score (nSPS) is 18.5. The van der Waals surface area contributed by atoms with E-state index in [0.717, 1.165) is 18.4 Å². The van der Waals surface area contributed by atoms with E-state index in [-0.39, 0.29) is 17.9 Å². The Hall–Kier alpha value is -2.37. The highest BCUT2D eigenvalue weighted by Gasteiger charge is 2.37. The van der Waals surface area contributed by atoms with Crippen LogP contribution in [-0.2, 0) is 11.3 Å². The summed E-state index contributed by atoms with van der Waals surface area (Å²) in [7, 11) is 0. The fourth-order valence-corrected chi connectivity index (χ4v) is 5.29. The average Bonchev–Trinajstić information content (AvgIpc) is 3.33. The summed E-state index contributed by atoms with van der Waals surface area (Å²) in [5.74, 6) is 0.471.